The largest absolute Gasteiger partial charge is 0.491 e. The molecule has 0 aliphatic rings. The van der Waals surface area contributed by atoms with E-state index in [9.17, 15) is 4.79 Å². The minimum Gasteiger partial charge on any atom is -0.491 e. The number of hydrogen-bond donors (Lipinski definition) is 3. The van der Waals surface area contributed by atoms with Crippen LogP contribution < -0.4 is 21.1 Å². The quantitative estimate of drug-likeness (QED) is 0.217. The second-order valence-corrected chi connectivity index (χ2v) is 8.91. The van der Waals surface area contributed by atoms with Crippen LogP contribution in [0.1, 0.15) is 12.0 Å². The Morgan fingerprint density at radius 1 is 1.00 bits per heavy atom. The van der Waals surface area contributed by atoms with Crippen LogP contribution >= 0.6 is 11.6 Å². The van der Waals surface area contributed by atoms with Crippen molar-refractivity contribution in [2.24, 2.45) is 5.73 Å². The van der Waals surface area contributed by atoms with Crippen molar-refractivity contribution in [1.29, 1.82) is 0 Å². The molecule has 9 heteroatoms. The zero-order chi connectivity index (χ0) is 25.8. The number of nitrogens with one attached hydrogen (secondary N) is 1. The lowest BCUT2D eigenvalue weighted by Gasteiger charge is -2.21. The summed E-state index contributed by atoms with van der Waals surface area (Å²) in [5, 5.41) is 8.52. The Morgan fingerprint density at radius 3 is 2.51 bits per heavy atom. The highest BCUT2D eigenvalue weighted by atomic mass is 35.5. The third-order valence-corrected chi connectivity index (χ3v) is 6.29. The van der Waals surface area contributed by atoms with Crippen molar-refractivity contribution in [3.63, 3.8) is 0 Å². The number of H-pyrrole nitrogens is 1. The molecule has 5 N–H and O–H groups in total. The predicted molar refractivity (Wildman–Crippen MR) is 147 cm³/mol. The Kier molecular flexibility index (Phi) is 6.91. The molecule has 5 rings (SSSR count). The van der Waals surface area contributed by atoms with E-state index in [1.807, 2.05) is 48.5 Å². The van der Waals surface area contributed by atoms with E-state index in [1.165, 1.54) is 10.5 Å². The highest BCUT2D eigenvalue weighted by Gasteiger charge is 2.18. The molecule has 0 spiro atoms. The number of amides is 2. The molecule has 2 amide bonds. The van der Waals surface area contributed by atoms with Crippen molar-refractivity contribution in [2.75, 3.05) is 17.2 Å². The summed E-state index contributed by atoms with van der Waals surface area (Å²) in [5.74, 6) is 1.07. The van der Waals surface area contributed by atoms with Crippen LogP contribution in [0.4, 0.5) is 22.0 Å². The summed E-state index contributed by atoms with van der Waals surface area (Å²) in [4.78, 5) is 17.7. The molecule has 3 aromatic carbocycles. The van der Waals surface area contributed by atoms with Crippen LogP contribution in [0.5, 0.6) is 5.75 Å². The van der Waals surface area contributed by atoms with Crippen LogP contribution in [0, 0.1) is 0 Å². The maximum Gasteiger partial charge on any atom is 0.323 e. The number of ether oxygens (including phenoxy) is 1. The number of nitrogens with two attached hydrogens (primary N) is 2. The summed E-state index contributed by atoms with van der Waals surface area (Å²) in [7, 11) is 0. The molecule has 186 valence electrons. The van der Waals surface area contributed by atoms with Gasteiger partial charge in [0.1, 0.15) is 11.3 Å². The molecule has 0 unspecified atom stereocenters. The number of nitrogen functional groups attached to an aromatic ring is 1. The van der Waals surface area contributed by atoms with Crippen LogP contribution in [-0.4, -0.2) is 27.8 Å². The Labute approximate surface area is 218 Å². The third-order valence-electron chi connectivity index (χ3n) is 6.05. The number of aryl methyl sites for hydroxylation is 1. The van der Waals surface area contributed by atoms with Gasteiger partial charge in [0.05, 0.1) is 23.4 Å². The second kappa shape index (κ2) is 10.6. The number of pyridine rings is 1. The van der Waals surface area contributed by atoms with Crippen LogP contribution in [0.3, 0.4) is 0 Å². The molecule has 0 atom stereocenters. The highest BCUT2D eigenvalue weighted by molar-refractivity contribution is 6.31. The fourth-order valence-electron chi connectivity index (χ4n) is 4.31. The number of carbonyl (C=O) groups is 1. The van der Waals surface area contributed by atoms with E-state index in [0.29, 0.717) is 34.6 Å². The molecule has 0 saturated heterocycles. The summed E-state index contributed by atoms with van der Waals surface area (Å²) in [6.45, 7) is 0.552. The number of fused-ring (bicyclic) bond motifs is 1. The monoisotopic (exact) mass is 512 g/mol. The smallest absolute Gasteiger partial charge is 0.323 e. The first-order chi connectivity index (χ1) is 18.0. The Morgan fingerprint density at radius 2 is 1.78 bits per heavy atom. The van der Waals surface area contributed by atoms with Crippen LogP contribution in [0.2, 0.25) is 5.02 Å². The van der Waals surface area contributed by atoms with Gasteiger partial charge in [0.2, 0.25) is 0 Å². The van der Waals surface area contributed by atoms with Gasteiger partial charge in [-0.2, -0.15) is 5.10 Å². The van der Waals surface area contributed by atoms with Crippen molar-refractivity contribution in [2.45, 2.75) is 12.8 Å². The van der Waals surface area contributed by atoms with Gasteiger partial charge in [0, 0.05) is 17.4 Å². The number of urea groups is 1. The van der Waals surface area contributed by atoms with E-state index in [4.69, 9.17) is 27.8 Å². The maximum absolute atomic E-state index is 12.2. The fraction of sp³-hybridized carbons (Fsp3) is 0.107. The normalized spacial score (nSPS) is 10.9. The Balaban J connectivity index is 1.38. The van der Waals surface area contributed by atoms with Crippen molar-refractivity contribution >= 4 is 45.7 Å². The van der Waals surface area contributed by atoms with Gasteiger partial charge < -0.3 is 16.2 Å². The van der Waals surface area contributed by atoms with E-state index in [0.717, 1.165) is 34.9 Å². The minimum atomic E-state index is -0.609. The molecule has 0 fully saturated rings. The predicted octanol–water partition coefficient (Wildman–Crippen LogP) is 6.09. The van der Waals surface area contributed by atoms with E-state index in [2.05, 4.69) is 15.2 Å². The Bertz CT molecular complexity index is 1540. The first-order valence-corrected chi connectivity index (χ1v) is 12.1. The standard InChI is InChI=1S/C28H25ClN6O2/c29-20-4-1-5-22(17-20)35(28(31)36)21-8-6-19(7-9-21)23-10-11-24(26-25(23)27(30)34-33-26)37-16-2-3-18-12-14-32-15-13-18/h1,4-15,17H,2-3,16H2,(H2,31,36)(H3,30,33,34). The summed E-state index contributed by atoms with van der Waals surface area (Å²) in [5.41, 5.74) is 16.9. The van der Waals surface area contributed by atoms with E-state index in [1.54, 1.807) is 36.7 Å². The average Bonchev–Trinajstić information content (AvgIpc) is 3.30. The summed E-state index contributed by atoms with van der Waals surface area (Å²) in [6.07, 6.45) is 5.35. The highest BCUT2D eigenvalue weighted by Crippen LogP contribution is 2.37. The van der Waals surface area contributed by atoms with E-state index in [-0.39, 0.29) is 0 Å². The Hall–Kier alpha value is -4.56. The molecule has 0 aliphatic heterocycles. The second-order valence-electron chi connectivity index (χ2n) is 8.48. The molecule has 2 aromatic heterocycles. The molecular weight excluding hydrogens is 488 g/mol. The number of hydrogen-bond acceptors (Lipinski definition) is 5. The maximum atomic E-state index is 12.2. The topological polar surface area (TPSA) is 123 Å². The van der Waals surface area contributed by atoms with Gasteiger partial charge in [-0.15, -0.1) is 0 Å². The number of carbonyl (C=O) groups excluding carboxylic acids is 1. The SMILES string of the molecule is NC(=O)N(c1ccc(-c2ccc(OCCCc3ccncc3)c3[nH]nc(N)c23)cc1)c1cccc(Cl)c1. The van der Waals surface area contributed by atoms with Crippen molar-refractivity contribution in [3.05, 3.63) is 95.8 Å². The average molecular weight is 513 g/mol. The van der Waals surface area contributed by atoms with Gasteiger partial charge in [-0.1, -0.05) is 29.8 Å². The molecule has 0 radical (unpaired) electrons. The number of benzene rings is 3. The van der Waals surface area contributed by atoms with E-state index >= 15 is 0 Å². The number of nitrogens with zero attached hydrogens (tertiary/aromatic N) is 3. The van der Waals surface area contributed by atoms with Gasteiger partial charge in [0.25, 0.3) is 0 Å². The van der Waals surface area contributed by atoms with Gasteiger partial charge in [0.15, 0.2) is 5.82 Å². The van der Waals surface area contributed by atoms with Crippen molar-refractivity contribution < 1.29 is 9.53 Å². The number of halogens is 1. The summed E-state index contributed by atoms with van der Waals surface area (Å²) in [6, 6.07) is 21.7. The molecule has 2 heterocycles. The first-order valence-electron chi connectivity index (χ1n) is 11.7. The van der Waals surface area contributed by atoms with Gasteiger partial charge in [-0.25, -0.2) is 4.79 Å². The molecule has 0 aliphatic carbocycles. The molecular formula is C28H25ClN6O2. The molecule has 0 saturated carbocycles. The van der Waals surface area contributed by atoms with Crippen molar-refractivity contribution in [3.8, 4) is 16.9 Å². The first kappa shape index (κ1) is 24.1. The van der Waals surface area contributed by atoms with Crippen molar-refractivity contribution in [1.82, 2.24) is 15.2 Å². The number of primary amides is 1. The molecule has 5 aromatic rings. The van der Waals surface area contributed by atoms with Crippen LogP contribution in [0.15, 0.2) is 85.2 Å². The van der Waals surface area contributed by atoms with Gasteiger partial charge >= 0.3 is 6.03 Å². The summed E-state index contributed by atoms with van der Waals surface area (Å²) >= 11 is 6.11. The lowest BCUT2D eigenvalue weighted by atomic mass is 10.0. The fourth-order valence-corrected chi connectivity index (χ4v) is 4.49. The number of aromatic amines is 1. The van der Waals surface area contributed by atoms with Gasteiger partial charge in [-0.05, 0) is 84.1 Å². The van der Waals surface area contributed by atoms with E-state index < -0.39 is 6.03 Å². The van der Waals surface area contributed by atoms with Crippen LogP contribution in [-0.2, 0) is 6.42 Å². The van der Waals surface area contributed by atoms with Crippen LogP contribution in [0.25, 0.3) is 22.0 Å². The molecule has 0 bridgehead atoms. The third kappa shape index (κ3) is 5.19. The number of rotatable bonds is 8. The summed E-state index contributed by atoms with van der Waals surface area (Å²) < 4.78 is 6.07. The zero-order valence-corrected chi connectivity index (χ0v) is 20.7. The lowest BCUT2D eigenvalue weighted by Crippen LogP contribution is -2.31. The van der Waals surface area contributed by atoms with Gasteiger partial charge in [-0.3, -0.25) is 15.0 Å². The molecule has 37 heavy (non-hydrogen) atoms. The number of aromatic nitrogens is 3. The number of anilines is 3. The minimum absolute atomic E-state index is 0.383. The molecule has 8 nitrogen and oxygen atoms in total. The zero-order valence-electron chi connectivity index (χ0n) is 19.9. The lowest BCUT2D eigenvalue weighted by molar-refractivity contribution is 0.256.